The normalized spacial score (nSPS) is 15.2. The molecule has 0 amide bonds. The van der Waals surface area contributed by atoms with Crippen LogP contribution in [0.25, 0.3) is 0 Å². The molecule has 0 rings (SSSR count). The lowest BCUT2D eigenvalue weighted by atomic mass is 10.5. The highest BCUT2D eigenvalue weighted by atomic mass is 35.7. The zero-order valence-electron chi connectivity index (χ0n) is 5.33. The molecule has 0 N–H and O–H groups in total. The summed E-state index contributed by atoms with van der Waals surface area (Å²) in [4.78, 5) is 0. The fourth-order valence-corrected chi connectivity index (χ4v) is 1.16. The van der Waals surface area contributed by atoms with Crippen LogP contribution in [0.5, 0.6) is 0 Å². The third kappa shape index (κ3) is 6.19. The molecule has 2 unspecified atom stereocenters. The Bertz CT molecular complexity index is 97.8. The third-order valence-corrected chi connectivity index (χ3v) is 1.43. The Morgan fingerprint density at radius 2 is 2.33 bits per heavy atom. The number of halogens is 1. The molecule has 54 valence electrons. The second kappa shape index (κ2) is 5.12. The van der Waals surface area contributed by atoms with Gasteiger partial charge in [-0.3, -0.25) is 0 Å². The summed E-state index contributed by atoms with van der Waals surface area (Å²) >= 11 is 5.04. The monoisotopic (exact) mass is 171 g/mol. The smallest absolute Gasteiger partial charge is 0.382 e. The zero-order chi connectivity index (χ0) is 7.28. The maximum absolute atomic E-state index is 10.2. The molecule has 3 nitrogen and oxygen atoms in total. The summed E-state index contributed by atoms with van der Waals surface area (Å²) in [7, 11) is -0.466. The Morgan fingerprint density at radius 3 is 2.67 bits per heavy atom. The highest BCUT2D eigenvalue weighted by Crippen LogP contribution is 2.29. The summed E-state index contributed by atoms with van der Waals surface area (Å²) in [6, 6.07) is 0. The molecule has 0 aromatic heterocycles. The maximum Gasteiger partial charge on any atom is 0.634 e. The van der Waals surface area contributed by atoms with Crippen LogP contribution < -0.4 is 0 Å². The van der Waals surface area contributed by atoms with Crippen molar-refractivity contribution in [2.75, 3.05) is 13.7 Å². The topological polar surface area (TPSA) is 35.5 Å². The van der Waals surface area contributed by atoms with E-state index in [2.05, 4.69) is 4.52 Å². The second-order valence-electron chi connectivity index (χ2n) is 1.58. The molecule has 0 fully saturated rings. The van der Waals surface area contributed by atoms with Crippen molar-refractivity contribution in [2.45, 2.75) is 13.0 Å². The minimum Gasteiger partial charge on any atom is -0.382 e. The molecule has 5 heteroatoms. The highest BCUT2D eigenvalue weighted by Gasteiger charge is 2.18. The van der Waals surface area contributed by atoms with Crippen molar-refractivity contribution >= 4 is 18.6 Å². The fourth-order valence-electron chi connectivity index (χ4n) is 0.407. The first-order chi connectivity index (χ1) is 4.16. The molecule has 0 saturated carbocycles. The number of hydrogen-bond donors (Lipinski definition) is 0. The summed E-state index contributed by atoms with van der Waals surface area (Å²) in [6.07, 6.45) is -0.198. The molecule has 0 aromatic rings. The van der Waals surface area contributed by atoms with Gasteiger partial charge in [-0.05, 0) is 11.5 Å². The lowest BCUT2D eigenvalue weighted by Crippen LogP contribution is -2.09. The van der Waals surface area contributed by atoms with Crippen molar-refractivity contribution in [2.24, 2.45) is 0 Å². The lowest BCUT2D eigenvalue weighted by molar-refractivity contribution is 0.0996. The van der Waals surface area contributed by atoms with Gasteiger partial charge in [0.15, 0.2) is 0 Å². The Morgan fingerprint density at radius 1 is 1.78 bits per heavy atom. The first-order valence-electron chi connectivity index (χ1n) is 2.45. The van der Waals surface area contributed by atoms with E-state index in [9.17, 15) is 4.57 Å². The minimum atomic E-state index is -2.01. The summed E-state index contributed by atoms with van der Waals surface area (Å²) in [5.41, 5.74) is 0. The van der Waals surface area contributed by atoms with E-state index in [1.54, 1.807) is 14.0 Å². The third-order valence-electron chi connectivity index (χ3n) is 0.664. The van der Waals surface area contributed by atoms with Crippen LogP contribution in [-0.2, 0) is 13.8 Å². The number of ether oxygens (including phenoxy) is 1. The van der Waals surface area contributed by atoms with E-state index in [1.807, 2.05) is 0 Å². The summed E-state index contributed by atoms with van der Waals surface area (Å²) in [5.74, 6) is 0. The van der Waals surface area contributed by atoms with Crippen LogP contribution in [0, 0.1) is 0 Å². The molecule has 0 aliphatic rings. The van der Waals surface area contributed by atoms with Crippen molar-refractivity contribution in [3.05, 3.63) is 0 Å². The maximum atomic E-state index is 10.2. The standard InChI is InChI=1S/C4H9ClO3P/c1-4(3-7-2)8-9(5)6/h4H,3H2,1-2H3/q+1. The average Bonchev–Trinajstić information content (AvgIpc) is 1.63. The van der Waals surface area contributed by atoms with Crippen molar-refractivity contribution < 1.29 is 13.8 Å². The van der Waals surface area contributed by atoms with Crippen molar-refractivity contribution in [3.63, 3.8) is 0 Å². The van der Waals surface area contributed by atoms with Gasteiger partial charge in [-0.1, -0.05) is 0 Å². The van der Waals surface area contributed by atoms with Gasteiger partial charge in [-0.25, -0.2) is 0 Å². The number of hydrogen-bond acceptors (Lipinski definition) is 3. The Labute approximate surface area is 59.9 Å². The van der Waals surface area contributed by atoms with Crippen LogP contribution in [0.3, 0.4) is 0 Å². The van der Waals surface area contributed by atoms with Crippen LogP contribution in [0.15, 0.2) is 0 Å². The fraction of sp³-hybridized carbons (Fsp3) is 1.00. The van der Waals surface area contributed by atoms with E-state index in [0.717, 1.165) is 0 Å². The Balaban J connectivity index is 3.26. The van der Waals surface area contributed by atoms with E-state index in [4.69, 9.17) is 16.0 Å². The molecule has 0 bridgehead atoms. The van der Waals surface area contributed by atoms with E-state index in [1.165, 1.54) is 0 Å². The highest BCUT2D eigenvalue weighted by molar-refractivity contribution is 7.69. The SMILES string of the molecule is COCC(C)O[P+](=O)Cl. The second-order valence-corrected chi connectivity index (χ2v) is 3.05. The number of rotatable bonds is 4. The van der Waals surface area contributed by atoms with Gasteiger partial charge in [0.1, 0.15) is 6.10 Å². The molecule has 2 atom stereocenters. The molecule has 0 heterocycles. The van der Waals surface area contributed by atoms with Crippen LogP contribution in [0.1, 0.15) is 6.92 Å². The van der Waals surface area contributed by atoms with E-state index in [0.29, 0.717) is 6.61 Å². The predicted octanol–water partition coefficient (Wildman–Crippen LogP) is 1.93. The molecular weight excluding hydrogens is 162 g/mol. The first-order valence-corrected chi connectivity index (χ1v) is 4.53. The summed E-state index contributed by atoms with van der Waals surface area (Å²) < 4.78 is 19.5. The van der Waals surface area contributed by atoms with Crippen molar-refractivity contribution in [1.82, 2.24) is 0 Å². The molecule has 9 heavy (non-hydrogen) atoms. The van der Waals surface area contributed by atoms with Gasteiger partial charge in [-0.2, -0.15) is 0 Å². The summed E-state index contributed by atoms with van der Waals surface area (Å²) in [6.45, 7) is 2.15. The van der Waals surface area contributed by atoms with Gasteiger partial charge in [0, 0.05) is 7.11 Å². The van der Waals surface area contributed by atoms with Gasteiger partial charge < -0.3 is 4.74 Å². The number of methoxy groups -OCH3 is 1. The van der Waals surface area contributed by atoms with Crippen LogP contribution in [-0.4, -0.2) is 19.8 Å². The van der Waals surface area contributed by atoms with Crippen molar-refractivity contribution in [1.29, 1.82) is 0 Å². The van der Waals surface area contributed by atoms with Gasteiger partial charge in [0.2, 0.25) is 11.2 Å². The molecular formula is C4H9ClO3P+. The molecule has 0 aromatic carbocycles. The average molecular weight is 172 g/mol. The lowest BCUT2D eigenvalue weighted by Gasteiger charge is -1.98. The minimum absolute atomic E-state index is 0.198. The molecule has 0 spiro atoms. The van der Waals surface area contributed by atoms with Gasteiger partial charge in [-0.15, -0.1) is 4.52 Å². The Hall–Kier alpha value is 0.310. The molecule has 0 aliphatic heterocycles. The molecule has 0 aliphatic carbocycles. The van der Waals surface area contributed by atoms with E-state index >= 15 is 0 Å². The largest absolute Gasteiger partial charge is 0.634 e. The van der Waals surface area contributed by atoms with Crippen molar-refractivity contribution in [3.8, 4) is 0 Å². The zero-order valence-corrected chi connectivity index (χ0v) is 6.98. The quantitative estimate of drug-likeness (QED) is 0.607. The molecule has 0 radical (unpaired) electrons. The van der Waals surface area contributed by atoms with Gasteiger partial charge in [0.25, 0.3) is 0 Å². The van der Waals surface area contributed by atoms with Gasteiger partial charge >= 0.3 is 7.38 Å². The van der Waals surface area contributed by atoms with E-state index < -0.39 is 7.38 Å². The molecule has 0 saturated heterocycles. The van der Waals surface area contributed by atoms with Crippen LogP contribution in [0.2, 0.25) is 0 Å². The first kappa shape index (κ1) is 9.31. The van der Waals surface area contributed by atoms with Crippen LogP contribution in [0.4, 0.5) is 0 Å². The Kier molecular flexibility index (Phi) is 5.30. The van der Waals surface area contributed by atoms with E-state index in [-0.39, 0.29) is 6.10 Å². The summed E-state index contributed by atoms with van der Waals surface area (Å²) in [5, 5.41) is 0. The predicted molar refractivity (Wildman–Crippen MR) is 35.9 cm³/mol. The van der Waals surface area contributed by atoms with Crippen LogP contribution >= 0.6 is 18.6 Å². The van der Waals surface area contributed by atoms with Gasteiger partial charge in [0.05, 0.1) is 6.61 Å².